The molecule has 1 aliphatic heterocycles. The fourth-order valence-electron chi connectivity index (χ4n) is 3.59. The molecule has 2 aromatic heterocycles. The number of hydrogen-bond acceptors (Lipinski definition) is 5. The number of aromatic nitrogens is 3. The van der Waals surface area contributed by atoms with E-state index in [0.29, 0.717) is 11.4 Å². The summed E-state index contributed by atoms with van der Waals surface area (Å²) in [6.45, 7) is 0.905. The maximum Gasteiger partial charge on any atom is 0.417 e. The van der Waals surface area contributed by atoms with E-state index >= 15 is 0 Å². The van der Waals surface area contributed by atoms with Crippen LogP contribution >= 0.6 is 11.8 Å². The van der Waals surface area contributed by atoms with Crippen molar-refractivity contribution in [1.82, 2.24) is 14.8 Å². The van der Waals surface area contributed by atoms with Gasteiger partial charge in [-0.25, -0.2) is 4.79 Å². The lowest BCUT2D eigenvalue weighted by Gasteiger charge is -2.14. The van der Waals surface area contributed by atoms with Gasteiger partial charge in [-0.1, -0.05) is 30.3 Å². The minimum Gasteiger partial charge on any atom is -0.410 e. The molecular weight excluding hydrogens is 408 g/mol. The highest BCUT2D eigenvalue weighted by Crippen LogP contribution is 2.41. The number of carbonyl (C=O) groups is 1. The third kappa shape index (κ3) is 4.18. The van der Waals surface area contributed by atoms with Gasteiger partial charge in [0.2, 0.25) is 0 Å². The molecule has 1 aliphatic rings. The third-order valence-corrected chi connectivity index (χ3v) is 6.15. The maximum atomic E-state index is 12.3. The molecule has 0 atom stereocenters. The molecule has 31 heavy (non-hydrogen) atoms. The summed E-state index contributed by atoms with van der Waals surface area (Å²) in [4.78, 5) is 16.5. The SMILES string of the molecule is O=C(Nc1cccc(-c2nn3c(c2-c2ccncc2)SCCC3)c1)Oc1ccccc1. The molecule has 0 spiro atoms. The molecule has 0 saturated carbocycles. The minimum absolute atomic E-state index is 0.495. The second-order valence-corrected chi connectivity index (χ2v) is 8.18. The van der Waals surface area contributed by atoms with Crippen LogP contribution in [0.2, 0.25) is 0 Å². The smallest absolute Gasteiger partial charge is 0.410 e. The molecule has 1 amide bonds. The highest BCUT2D eigenvalue weighted by Gasteiger charge is 2.23. The zero-order chi connectivity index (χ0) is 21.0. The standard InChI is InChI=1S/C24H20N4O2S/c29-24(30-20-8-2-1-3-9-20)26-19-7-4-6-18(16-19)22-21(17-10-12-25-13-11-17)23-28(27-22)14-5-15-31-23/h1-4,6-13,16H,5,14-15H2,(H,26,29). The summed E-state index contributed by atoms with van der Waals surface area (Å²) in [5.41, 5.74) is 4.68. The van der Waals surface area contributed by atoms with Gasteiger partial charge >= 0.3 is 6.09 Å². The normalized spacial score (nSPS) is 12.8. The molecule has 2 aromatic carbocycles. The van der Waals surface area contributed by atoms with Gasteiger partial charge in [-0.15, -0.1) is 11.8 Å². The van der Waals surface area contributed by atoms with E-state index in [1.165, 1.54) is 5.03 Å². The van der Waals surface area contributed by atoms with Crippen molar-refractivity contribution < 1.29 is 9.53 Å². The van der Waals surface area contributed by atoms with Crippen molar-refractivity contribution in [1.29, 1.82) is 0 Å². The van der Waals surface area contributed by atoms with Crippen LogP contribution in [-0.2, 0) is 6.54 Å². The number of nitrogens with one attached hydrogen (secondary N) is 1. The number of rotatable bonds is 4. The predicted molar refractivity (Wildman–Crippen MR) is 122 cm³/mol. The van der Waals surface area contributed by atoms with Gasteiger partial charge in [0.15, 0.2) is 0 Å². The number of thioether (sulfide) groups is 1. The van der Waals surface area contributed by atoms with Crippen LogP contribution in [-0.4, -0.2) is 26.6 Å². The Labute approximate surface area is 184 Å². The van der Waals surface area contributed by atoms with Crippen LogP contribution in [0, 0.1) is 0 Å². The lowest BCUT2D eigenvalue weighted by atomic mass is 10.0. The Morgan fingerprint density at radius 1 is 1.00 bits per heavy atom. The van der Waals surface area contributed by atoms with Crippen LogP contribution in [0.5, 0.6) is 5.75 Å². The second-order valence-electron chi connectivity index (χ2n) is 7.10. The molecule has 0 unspecified atom stereocenters. The lowest BCUT2D eigenvalue weighted by molar-refractivity contribution is 0.215. The number of amides is 1. The van der Waals surface area contributed by atoms with Gasteiger partial charge in [-0.3, -0.25) is 15.0 Å². The number of carbonyl (C=O) groups excluding carboxylic acids is 1. The van der Waals surface area contributed by atoms with Crippen LogP contribution in [0.4, 0.5) is 10.5 Å². The molecule has 4 aromatic rings. The van der Waals surface area contributed by atoms with Crippen LogP contribution < -0.4 is 10.1 Å². The number of ether oxygens (including phenoxy) is 1. The Bertz CT molecular complexity index is 1210. The molecule has 3 heterocycles. The monoisotopic (exact) mass is 428 g/mol. The van der Waals surface area contributed by atoms with E-state index in [-0.39, 0.29) is 0 Å². The van der Waals surface area contributed by atoms with Crippen LogP contribution in [0.1, 0.15) is 6.42 Å². The summed E-state index contributed by atoms with van der Waals surface area (Å²) >= 11 is 1.83. The zero-order valence-electron chi connectivity index (χ0n) is 16.7. The highest BCUT2D eigenvalue weighted by molar-refractivity contribution is 7.99. The van der Waals surface area contributed by atoms with Crippen molar-refractivity contribution in [2.24, 2.45) is 0 Å². The van der Waals surface area contributed by atoms with Gasteiger partial charge < -0.3 is 4.74 Å². The van der Waals surface area contributed by atoms with E-state index in [4.69, 9.17) is 9.84 Å². The van der Waals surface area contributed by atoms with Crippen molar-refractivity contribution in [3.8, 4) is 28.1 Å². The van der Waals surface area contributed by atoms with Crippen LogP contribution in [0.25, 0.3) is 22.4 Å². The van der Waals surface area contributed by atoms with Gasteiger partial charge in [-0.05, 0) is 48.4 Å². The Kier molecular flexibility index (Phi) is 5.41. The third-order valence-electron chi connectivity index (χ3n) is 4.96. The van der Waals surface area contributed by atoms with E-state index in [0.717, 1.165) is 41.1 Å². The second kappa shape index (κ2) is 8.65. The Hall–Kier alpha value is -3.58. The number of nitrogens with zero attached hydrogens (tertiary/aromatic N) is 3. The number of hydrogen-bond donors (Lipinski definition) is 1. The van der Waals surface area contributed by atoms with Gasteiger partial charge in [0.05, 0.1) is 0 Å². The van der Waals surface area contributed by atoms with E-state index in [2.05, 4.69) is 15.0 Å². The molecule has 1 N–H and O–H groups in total. The van der Waals surface area contributed by atoms with Gasteiger partial charge in [0.1, 0.15) is 16.5 Å². The maximum absolute atomic E-state index is 12.3. The molecule has 0 saturated heterocycles. The predicted octanol–water partition coefficient (Wildman–Crippen LogP) is 5.72. The van der Waals surface area contributed by atoms with Gasteiger partial charge in [-0.2, -0.15) is 5.10 Å². The first kappa shape index (κ1) is 19.4. The molecule has 0 aliphatic carbocycles. The van der Waals surface area contributed by atoms with E-state index in [9.17, 15) is 4.79 Å². The van der Waals surface area contributed by atoms with Crippen LogP contribution in [0.3, 0.4) is 0 Å². The van der Waals surface area contributed by atoms with Crippen molar-refractivity contribution >= 4 is 23.5 Å². The van der Waals surface area contributed by atoms with Gasteiger partial charge in [0, 0.05) is 41.5 Å². The fraction of sp³-hybridized carbons (Fsp3) is 0.125. The minimum atomic E-state index is -0.530. The fourth-order valence-corrected chi connectivity index (χ4v) is 4.70. The van der Waals surface area contributed by atoms with Crippen molar-refractivity contribution in [2.45, 2.75) is 18.0 Å². The van der Waals surface area contributed by atoms with Gasteiger partial charge in [0.25, 0.3) is 0 Å². The number of anilines is 1. The summed E-state index contributed by atoms with van der Waals surface area (Å²) in [5, 5.41) is 8.90. The van der Waals surface area contributed by atoms with Crippen molar-refractivity contribution in [3.63, 3.8) is 0 Å². The summed E-state index contributed by atoms with van der Waals surface area (Å²) in [6, 6.07) is 20.7. The molecule has 154 valence electrons. The molecule has 0 radical (unpaired) electrons. The highest BCUT2D eigenvalue weighted by atomic mass is 32.2. The summed E-state index contributed by atoms with van der Waals surface area (Å²) in [5.74, 6) is 1.57. The van der Waals surface area contributed by atoms with E-state index in [1.54, 1.807) is 24.5 Å². The molecule has 6 nitrogen and oxygen atoms in total. The molecule has 7 heteroatoms. The average Bonchev–Trinajstić information content (AvgIpc) is 3.20. The Morgan fingerprint density at radius 2 is 1.84 bits per heavy atom. The average molecular weight is 429 g/mol. The number of benzene rings is 2. The summed E-state index contributed by atoms with van der Waals surface area (Å²) in [6.07, 6.45) is 4.17. The molecule has 5 rings (SSSR count). The summed E-state index contributed by atoms with van der Waals surface area (Å²) in [7, 11) is 0. The van der Waals surface area contributed by atoms with Crippen molar-refractivity contribution in [2.75, 3.05) is 11.1 Å². The quantitative estimate of drug-likeness (QED) is 0.450. The molecular formula is C24H20N4O2S. The topological polar surface area (TPSA) is 69.0 Å². The lowest BCUT2D eigenvalue weighted by Crippen LogP contribution is -2.16. The zero-order valence-corrected chi connectivity index (χ0v) is 17.5. The number of aryl methyl sites for hydroxylation is 1. The first-order valence-electron chi connectivity index (χ1n) is 10.1. The number of para-hydroxylation sites is 1. The molecule has 0 bridgehead atoms. The van der Waals surface area contributed by atoms with Crippen molar-refractivity contribution in [3.05, 3.63) is 79.1 Å². The van der Waals surface area contributed by atoms with E-state index < -0.39 is 6.09 Å². The molecule has 0 fully saturated rings. The Morgan fingerprint density at radius 3 is 2.68 bits per heavy atom. The van der Waals surface area contributed by atoms with E-state index in [1.807, 2.05) is 66.4 Å². The number of pyridine rings is 1. The first-order chi connectivity index (χ1) is 15.3. The largest absolute Gasteiger partial charge is 0.417 e. The Balaban J connectivity index is 1.47. The first-order valence-corrected chi connectivity index (χ1v) is 11.0. The van der Waals surface area contributed by atoms with Crippen LogP contribution in [0.15, 0.2) is 84.1 Å². The summed E-state index contributed by atoms with van der Waals surface area (Å²) < 4.78 is 7.43. The number of fused-ring (bicyclic) bond motifs is 1.